The summed E-state index contributed by atoms with van der Waals surface area (Å²) in [5.74, 6) is 2.76. The minimum absolute atomic E-state index is 0.596. The number of fused-ring (bicyclic) bond motifs is 12. The van der Waals surface area contributed by atoms with Crippen molar-refractivity contribution in [3.63, 3.8) is 0 Å². The highest BCUT2D eigenvalue weighted by atomic mass is 15.2. The Kier molecular flexibility index (Phi) is 11.1. The lowest BCUT2D eigenvalue weighted by molar-refractivity contribution is 0.951. The molecule has 12 aromatic carbocycles. The van der Waals surface area contributed by atoms with E-state index in [-0.39, 0.29) is 0 Å². The van der Waals surface area contributed by atoms with Crippen LogP contribution in [0, 0.1) is 0 Å². The average Bonchev–Trinajstić information content (AvgIpc) is 2.33. The number of hydrogen-bond acceptors (Lipinski definition) is 4. The van der Waals surface area contributed by atoms with Crippen LogP contribution in [0.4, 0.5) is 0 Å². The molecule has 8 nitrogen and oxygen atoms in total. The fourth-order valence-electron chi connectivity index (χ4n) is 13.7. The third kappa shape index (κ3) is 7.86. The molecule has 0 fully saturated rings. The quantitative estimate of drug-likeness (QED) is 0.144. The lowest BCUT2D eigenvalue weighted by Crippen LogP contribution is -2.07. The molecule has 88 heavy (non-hydrogen) atoms. The van der Waals surface area contributed by atoms with E-state index in [0.717, 1.165) is 133 Å². The molecule has 18 rings (SSSR count). The number of para-hydroxylation sites is 8. The van der Waals surface area contributed by atoms with Crippen molar-refractivity contribution in [3.05, 3.63) is 303 Å². The molecule has 0 aliphatic heterocycles. The molecular weight excluding hydrogens is 1070 g/mol. The van der Waals surface area contributed by atoms with Crippen LogP contribution >= 0.6 is 0 Å². The molecule has 6 heterocycles. The zero-order valence-electron chi connectivity index (χ0n) is 47.4. The number of rotatable bonds is 9. The maximum atomic E-state index is 5.55. The fourth-order valence-corrected chi connectivity index (χ4v) is 13.7. The molecule has 0 N–H and O–H groups in total. The predicted octanol–water partition coefficient (Wildman–Crippen LogP) is 20.0. The van der Waals surface area contributed by atoms with Crippen LogP contribution in [0.25, 0.3) is 167 Å². The van der Waals surface area contributed by atoms with E-state index in [1.54, 1.807) is 0 Å². The molecule has 0 saturated carbocycles. The van der Waals surface area contributed by atoms with Gasteiger partial charge in [0, 0.05) is 66.3 Å². The van der Waals surface area contributed by atoms with Gasteiger partial charge in [-0.25, -0.2) is 9.97 Å². The van der Waals surface area contributed by atoms with Crippen LogP contribution in [-0.4, -0.2) is 38.2 Å². The third-order valence-electron chi connectivity index (χ3n) is 17.6. The van der Waals surface area contributed by atoms with Crippen molar-refractivity contribution in [2.75, 3.05) is 0 Å². The largest absolute Gasteiger partial charge is 0.294 e. The Balaban J connectivity index is 0.814. The number of aromatic nitrogens is 8. The molecule has 410 valence electrons. The highest BCUT2D eigenvalue weighted by molar-refractivity contribution is 6.12. The SMILES string of the molecule is c1ccc(-c2cc(-c3cccc(-c4cc(-n5c6ccccc6c6ccccc65)nc(-n5c6ccccc6c6ccccc65)n4)c3)cc(-c3cccc(-c4cc(-n5c6ccccc6c6ccccc65)nc(-n5c6ccccc6c6ccccc65)n4)c3)c2)cc1. The van der Waals surface area contributed by atoms with Crippen molar-refractivity contribution in [2.24, 2.45) is 0 Å². The van der Waals surface area contributed by atoms with Crippen molar-refractivity contribution >= 4 is 87.2 Å². The maximum absolute atomic E-state index is 5.55. The molecule has 0 unspecified atom stereocenters. The van der Waals surface area contributed by atoms with Gasteiger partial charge in [0.05, 0.1) is 55.5 Å². The second-order valence-corrected chi connectivity index (χ2v) is 22.6. The zero-order chi connectivity index (χ0) is 57.8. The van der Waals surface area contributed by atoms with E-state index in [2.05, 4.69) is 322 Å². The zero-order valence-corrected chi connectivity index (χ0v) is 47.4. The summed E-state index contributed by atoms with van der Waals surface area (Å²) >= 11 is 0. The minimum atomic E-state index is 0.596. The third-order valence-corrected chi connectivity index (χ3v) is 17.6. The first-order chi connectivity index (χ1) is 43.6. The van der Waals surface area contributed by atoms with Crippen molar-refractivity contribution in [2.45, 2.75) is 0 Å². The normalized spacial score (nSPS) is 11.9. The van der Waals surface area contributed by atoms with Gasteiger partial charge in [0.2, 0.25) is 11.9 Å². The summed E-state index contributed by atoms with van der Waals surface area (Å²) < 4.78 is 9.02. The molecule has 0 aliphatic carbocycles. The molecule has 0 saturated heterocycles. The molecule has 8 heteroatoms. The fraction of sp³-hybridized carbons (Fsp3) is 0. The Morgan fingerprint density at radius 2 is 0.409 bits per heavy atom. The molecular formula is C80H50N8. The molecule has 0 atom stereocenters. The van der Waals surface area contributed by atoms with E-state index < -0.39 is 0 Å². The molecule has 0 spiro atoms. The minimum Gasteiger partial charge on any atom is -0.294 e. The lowest BCUT2D eigenvalue weighted by atomic mass is 9.92. The van der Waals surface area contributed by atoms with E-state index in [1.807, 2.05) is 0 Å². The van der Waals surface area contributed by atoms with Crippen LogP contribution in [-0.2, 0) is 0 Å². The van der Waals surface area contributed by atoms with E-state index in [4.69, 9.17) is 19.9 Å². The number of nitrogens with zero attached hydrogens (tertiary/aromatic N) is 8. The first kappa shape index (κ1) is 49.4. The van der Waals surface area contributed by atoms with Crippen LogP contribution in [0.15, 0.2) is 303 Å². The van der Waals surface area contributed by atoms with Crippen LogP contribution in [0.3, 0.4) is 0 Å². The van der Waals surface area contributed by atoms with Crippen LogP contribution in [0.5, 0.6) is 0 Å². The monoisotopic (exact) mass is 1120 g/mol. The van der Waals surface area contributed by atoms with E-state index in [9.17, 15) is 0 Å². The molecule has 6 aromatic heterocycles. The van der Waals surface area contributed by atoms with Gasteiger partial charge >= 0.3 is 0 Å². The number of benzene rings is 12. The lowest BCUT2D eigenvalue weighted by Gasteiger charge is -2.15. The summed E-state index contributed by atoms with van der Waals surface area (Å²) in [5.41, 5.74) is 18.6. The standard InChI is InChI=1S/C80H50N8/c1-2-22-51(23-3-1)56-46-57(52-24-20-26-54(44-52)67-49-77(85-69-36-12-4-28-59(69)60-29-5-13-37-70(60)85)83-79(81-67)87-73-40-16-8-32-63(73)64-33-9-17-41-74(64)87)48-58(47-56)53-25-21-27-55(45-53)68-50-78(86-71-38-14-6-30-61(71)62-31-7-15-39-72(62)86)84-80(82-68)88-75-42-18-10-34-65(75)66-35-11-19-43-76(66)88/h1-50H. The van der Waals surface area contributed by atoms with Gasteiger partial charge in [0.1, 0.15) is 11.6 Å². The smallest absolute Gasteiger partial charge is 0.237 e. The summed E-state index contributed by atoms with van der Waals surface area (Å²) in [4.78, 5) is 22.2. The van der Waals surface area contributed by atoms with Crippen molar-refractivity contribution < 1.29 is 0 Å². The van der Waals surface area contributed by atoms with Gasteiger partial charge in [-0.15, -0.1) is 0 Å². The van der Waals surface area contributed by atoms with Crippen molar-refractivity contribution in [3.8, 4) is 79.4 Å². The Bertz CT molecular complexity index is 5030. The van der Waals surface area contributed by atoms with Gasteiger partial charge in [0.15, 0.2) is 0 Å². The maximum Gasteiger partial charge on any atom is 0.237 e. The molecule has 0 radical (unpaired) electrons. The van der Waals surface area contributed by atoms with E-state index in [1.165, 1.54) is 21.5 Å². The predicted molar refractivity (Wildman–Crippen MR) is 362 cm³/mol. The van der Waals surface area contributed by atoms with Gasteiger partial charge < -0.3 is 0 Å². The second-order valence-electron chi connectivity index (χ2n) is 22.6. The first-order valence-electron chi connectivity index (χ1n) is 29.8. The average molecular weight is 1120 g/mol. The van der Waals surface area contributed by atoms with Gasteiger partial charge in [-0.1, -0.05) is 212 Å². The topological polar surface area (TPSA) is 71.3 Å². The molecule has 0 bridgehead atoms. The number of hydrogen-bond donors (Lipinski definition) is 0. The van der Waals surface area contributed by atoms with Gasteiger partial charge in [-0.2, -0.15) is 9.97 Å². The molecule has 0 aliphatic rings. The Labute approximate surface area is 505 Å². The molecule has 0 amide bonds. The summed E-state index contributed by atoms with van der Waals surface area (Å²) in [6, 6.07) is 108. The summed E-state index contributed by atoms with van der Waals surface area (Å²) in [7, 11) is 0. The van der Waals surface area contributed by atoms with Gasteiger partial charge in [-0.3, -0.25) is 18.3 Å². The molecule has 18 aromatic rings. The van der Waals surface area contributed by atoms with Crippen molar-refractivity contribution in [1.29, 1.82) is 0 Å². The van der Waals surface area contributed by atoms with Crippen LogP contribution in [0.2, 0.25) is 0 Å². The Morgan fingerprint density at radius 1 is 0.170 bits per heavy atom. The van der Waals surface area contributed by atoms with E-state index in [0.29, 0.717) is 11.9 Å². The Morgan fingerprint density at radius 3 is 0.727 bits per heavy atom. The summed E-state index contributed by atoms with van der Waals surface area (Å²) in [6.45, 7) is 0. The van der Waals surface area contributed by atoms with Gasteiger partial charge in [0.25, 0.3) is 0 Å². The van der Waals surface area contributed by atoms with Crippen LogP contribution < -0.4 is 0 Å². The highest BCUT2D eigenvalue weighted by Crippen LogP contribution is 2.41. The summed E-state index contributed by atoms with van der Waals surface area (Å²) in [6.07, 6.45) is 0. The Hall–Kier alpha value is -12.0. The van der Waals surface area contributed by atoms with Crippen LogP contribution in [0.1, 0.15) is 0 Å². The highest BCUT2D eigenvalue weighted by Gasteiger charge is 2.23. The summed E-state index contributed by atoms with van der Waals surface area (Å²) in [5, 5.41) is 9.28. The van der Waals surface area contributed by atoms with Crippen molar-refractivity contribution in [1.82, 2.24) is 38.2 Å². The van der Waals surface area contributed by atoms with E-state index >= 15 is 0 Å². The first-order valence-corrected chi connectivity index (χ1v) is 29.8. The van der Waals surface area contributed by atoms with Gasteiger partial charge in [-0.05, 0) is 112 Å². The second kappa shape index (κ2) is 19.8.